The van der Waals surface area contributed by atoms with Gasteiger partial charge in [-0.15, -0.1) is 0 Å². The molecule has 0 aromatic heterocycles. The van der Waals surface area contributed by atoms with Crippen LogP contribution in [-0.2, 0) is 4.74 Å². The van der Waals surface area contributed by atoms with Crippen LogP contribution in [-0.4, -0.2) is 24.5 Å². The molecule has 0 aliphatic rings. The van der Waals surface area contributed by atoms with Crippen molar-refractivity contribution in [3.05, 3.63) is 29.6 Å². The molecule has 0 bridgehead atoms. The van der Waals surface area contributed by atoms with Crippen molar-refractivity contribution in [1.82, 2.24) is 0 Å². The van der Waals surface area contributed by atoms with E-state index in [-0.39, 0.29) is 18.1 Å². The zero-order valence-corrected chi connectivity index (χ0v) is 8.20. The second kappa shape index (κ2) is 5.31. The smallest absolute Gasteiger partial charge is 0.339 e. The van der Waals surface area contributed by atoms with Crippen LogP contribution in [0, 0.1) is 5.82 Å². The van der Waals surface area contributed by atoms with Gasteiger partial charge in [0.05, 0.1) is 0 Å². The van der Waals surface area contributed by atoms with E-state index >= 15 is 0 Å². The third-order valence-corrected chi connectivity index (χ3v) is 1.69. The molecule has 0 aliphatic carbocycles. The SMILES string of the molecule is CCOCOc1c(F)cccc1C(=O)O. The molecule has 0 aliphatic heterocycles. The van der Waals surface area contributed by atoms with Gasteiger partial charge in [-0.25, -0.2) is 9.18 Å². The number of carboxylic acids is 1. The Labute approximate surface area is 86.2 Å². The molecular formula is C10H11FO4. The van der Waals surface area contributed by atoms with Gasteiger partial charge in [0.1, 0.15) is 5.56 Å². The van der Waals surface area contributed by atoms with E-state index in [1.54, 1.807) is 6.92 Å². The Balaban J connectivity index is 2.87. The van der Waals surface area contributed by atoms with Crippen LogP contribution >= 0.6 is 0 Å². The first-order valence-electron chi connectivity index (χ1n) is 4.39. The van der Waals surface area contributed by atoms with Crippen LogP contribution in [0.3, 0.4) is 0 Å². The van der Waals surface area contributed by atoms with Gasteiger partial charge in [-0.05, 0) is 19.1 Å². The van der Waals surface area contributed by atoms with Crippen molar-refractivity contribution in [1.29, 1.82) is 0 Å². The Bertz CT molecular complexity index is 351. The minimum atomic E-state index is -1.24. The van der Waals surface area contributed by atoms with Gasteiger partial charge < -0.3 is 14.6 Å². The van der Waals surface area contributed by atoms with Crippen LogP contribution in [0.15, 0.2) is 18.2 Å². The highest BCUT2D eigenvalue weighted by Crippen LogP contribution is 2.22. The average Bonchev–Trinajstić information content (AvgIpc) is 2.20. The van der Waals surface area contributed by atoms with Crippen molar-refractivity contribution in [3.63, 3.8) is 0 Å². The molecule has 0 fully saturated rings. The van der Waals surface area contributed by atoms with Crippen LogP contribution in [0.25, 0.3) is 0 Å². The summed E-state index contributed by atoms with van der Waals surface area (Å²) in [7, 11) is 0. The van der Waals surface area contributed by atoms with E-state index in [9.17, 15) is 9.18 Å². The van der Waals surface area contributed by atoms with E-state index in [1.165, 1.54) is 12.1 Å². The fourth-order valence-corrected chi connectivity index (χ4v) is 1.01. The van der Waals surface area contributed by atoms with Crippen molar-refractivity contribution in [2.24, 2.45) is 0 Å². The number of carboxylic acid groups (broad SMARTS) is 1. The van der Waals surface area contributed by atoms with Crippen molar-refractivity contribution < 1.29 is 23.8 Å². The number of hydrogen-bond acceptors (Lipinski definition) is 3. The molecule has 1 N–H and O–H groups in total. The Morgan fingerprint density at radius 3 is 2.87 bits per heavy atom. The third-order valence-electron chi connectivity index (χ3n) is 1.69. The maximum atomic E-state index is 13.2. The Kier molecular flexibility index (Phi) is 4.05. The summed E-state index contributed by atoms with van der Waals surface area (Å²) in [6, 6.07) is 3.72. The van der Waals surface area contributed by atoms with E-state index in [0.29, 0.717) is 6.61 Å². The Morgan fingerprint density at radius 2 is 2.27 bits per heavy atom. The Hall–Kier alpha value is -1.62. The standard InChI is InChI=1S/C10H11FO4/c1-2-14-6-15-9-7(10(12)13)4-3-5-8(9)11/h3-5H,2,6H2,1H3,(H,12,13). The normalized spacial score (nSPS) is 10.0. The molecule has 82 valence electrons. The molecule has 5 heteroatoms. The van der Waals surface area contributed by atoms with Crippen LogP contribution in [0.5, 0.6) is 5.75 Å². The number of benzene rings is 1. The molecule has 0 spiro atoms. The molecule has 1 rings (SSSR count). The van der Waals surface area contributed by atoms with Crippen molar-refractivity contribution in [2.45, 2.75) is 6.92 Å². The van der Waals surface area contributed by atoms with Gasteiger partial charge in [-0.3, -0.25) is 0 Å². The lowest BCUT2D eigenvalue weighted by molar-refractivity contribution is 0.0190. The van der Waals surface area contributed by atoms with E-state index < -0.39 is 11.8 Å². The lowest BCUT2D eigenvalue weighted by Crippen LogP contribution is -2.08. The first-order chi connectivity index (χ1) is 7.16. The van der Waals surface area contributed by atoms with Crippen molar-refractivity contribution >= 4 is 5.97 Å². The monoisotopic (exact) mass is 214 g/mol. The van der Waals surface area contributed by atoms with Crippen molar-refractivity contribution in [3.8, 4) is 5.75 Å². The number of hydrogen-bond donors (Lipinski definition) is 1. The van der Waals surface area contributed by atoms with Gasteiger partial charge in [0.25, 0.3) is 0 Å². The minimum Gasteiger partial charge on any atom is -0.478 e. The summed E-state index contributed by atoms with van der Waals surface area (Å²) >= 11 is 0. The molecule has 0 unspecified atom stereocenters. The van der Waals surface area contributed by atoms with Crippen LogP contribution < -0.4 is 4.74 Å². The number of ether oxygens (including phenoxy) is 2. The van der Waals surface area contributed by atoms with E-state index in [4.69, 9.17) is 14.6 Å². The molecule has 0 radical (unpaired) electrons. The average molecular weight is 214 g/mol. The third kappa shape index (κ3) is 2.92. The fraction of sp³-hybridized carbons (Fsp3) is 0.300. The van der Waals surface area contributed by atoms with E-state index in [0.717, 1.165) is 6.07 Å². The summed E-state index contributed by atoms with van der Waals surface area (Å²) in [6.07, 6.45) is 0. The van der Waals surface area contributed by atoms with Gasteiger partial charge in [0.15, 0.2) is 18.4 Å². The van der Waals surface area contributed by atoms with Gasteiger partial charge in [-0.1, -0.05) is 6.07 Å². The molecular weight excluding hydrogens is 203 g/mol. The molecule has 1 aromatic rings. The minimum absolute atomic E-state index is 0.169. The number of rotatable bonds is 5. The van der Waals surface area contributed by atoms with Gasteiger partial charge in [-0.2, -0.15) is 0 Å². The van der Waals surface area contributed by atoms with Crippen LogP contribution in [0.2, 0.25) is 0 Å². The highest BCUT2D eigenvalue weighted by atomic mass is 19.1. The molecule has 1 aromatic carbocycles. The quantitative estimate of drug-likeness (QED) is 0.600. The lowest BCUT2D eigenvalue weighted by atomic mass is 10.2. The van der Waals surface area contributed by atoms with E-state index in [2.05, 4.69) is 0 Å². The molecule has 15 heavy (non-hydrogen) atoms. The molecule has 0 atom stereocenters. The fourth-order valence-electron chi connectivity index (χ4n) is 1.01. The molecule has 0 saturated heterocycles. The highest BCUT2D eigenvalue weighted by molar-refractivity contribution is 5.90. The Morgan fingerprint density at radius 1 is 1.53 bits per heavy atom. The maximum absolute atomic E-state index is 13.2. The first kappa shape index (κ1) is 11.5. The topological polar surface area (TPSA) is 55.8 Å². The number of aromatic carboxylic acids is 1. The zero-order chi connectivity index (χ0) is 11.3. The first-order valence-corrected chi connectivity index (χ1v) is 4.39. The van der Waals surface area contributed by atoms with Gasteiger partial charge in [0.2, 0.25) is 0 Å². The van der Waals surface area contributed by atoms with Gasteiger partial charge >= 0.3 is 5.97 Å². The molecule has 0 heterocycles. The van der Waals surface area contributed by atoms with Crippen LogP contribution in [0.1, 0.15) is 17.3 Å². The summed E-state index contributed by atoms with van der Waals surface area (Å²) in [4.78, 5) is 10.7. The number of halogens is 1. The van der Waals surface area contributed by atoms with Crippen LogP contribution in [0.4, 0.5) is 4.39 Å². The largest absolute Gasteiger partial charge is 0.478 e. The number of carbonyl (C=O) groups is 1. The molecule has 0 amide bonds. The van der Waals surface area contributed by atoms with E-state index in [1.807, 2.05) is 0 Å². The summed E-state index contributed by atoms with van der Waals surface area (Å²) in [5.74, 6) is -2.24. The predicted molar refractivity (Wildman–Crippen MR) is 50.5 cm³/mol. The number of para-hydroxylation sites is 1. The lowest BCUT2D eigenvalue weighted by Gasteiger charge is -2.09. The summed E-state index contributed by atoms with van der Waals surface area (Å²) in [5.41, 5.74) is -0.213. The maximum Gasteiger partial charge on any atom is 0.339 e. The zero-order valence-electron chi connectivity index (χ0n) is 8.20. The molecule has 4 nitrogen and oxygen atoms in total. The molecule has 0 saturated carbocycles. The van der Waals surface area contributed by atoms with Gasteiger partial charge in [0, 0.05) is 6.61 Å². The second-order valence-electron chi connectivity index (χ2n) is 2.68. The summed E-state index contributed by atoms with van der Waals surface area (Å²) in [5, 5.41) is 8.76. The summed E-state index contributed by atoms with van der Waals surface area (Å²) in [6.45, 7) is 2.00. The highest BCUT2D eigenvalue weighted by Gasteiger charge is 2.15. The summed E-state index contributed by atoms with van der Waals surface area (Å²) < 4.78 is 22.9. The second-order valence-corrected chi connectivity index (χ2v) is 2.68. The van der Waals surface area contributed by atoms with Crippen molar-refractivity contribution in [2.75, 3.05) is 13.4 Å². The predicted octanol–water partition coefficient (Wildman–Crippen LogP) is 1.90.